The topological polar surface area (TPSA) is 80.4 Å². The zero-order valence-electron chi connectivity index (χ0n) is 8.01. The van der Waals surface area contributed by atoms with Gasteiger partial charge in [-0.25, -0.2) is 4.79 Å². The minimum absolute atomic E-state index is 0.282. The van der Waals surface area contributed by atoms with Gasteiger partial charge in [-0.2, -0.15) is 0 Å². The molecule has 0 saturated heterocycles. The Kier molecular flexibility index (Phi) is 5.69. The van der Waals surface area contributed by atoms with Crippen LogP contribution in [0.2, 0.25) is 0 Å². The van der Waals surface area contributed by atoms with Crippen molar-refractivity contribution in [2.24, 2.45) is 0 Å². The summed E-state index contributed by atoms with van der Waals surface area (Å²) in [5, 5.41) is 19.0. The van der Waals surface area contributed by atoms with Gasteiger partial charge < -0.3 is 5.11 Å². The zero-order chi connectivity index (χ0) is 12.0. The van der Waals surface area contributed by atoms with Crippen molar-refractivity contribution in [2.45, 2.75) is 6.92 Å². The molecule has 1 aromatic rings. The van der Waals surface area contributed by atoms with Gasteiger partial charge in [0.1, 0.15) is 5.56 Å². The van der Waals surface area contributed by atoms with Crippen LogP contribution in [0.4, 0.5) is 5.69 Å². The van der Waals surface area contributed by atoms with Crippen LogP contribution in [0.3, 0.4) is 0 Å². The van der Waals surface area contributed by atoms with Gasteiger partial charge in [-0.15, -0.1) is 0 Å². The van der Waals surface area contributed by atoms with Crippen LogP contribution < -0.4 is 0 Å². The van der Waals surface area contributed by atoms with E-state index in [4.69, 9.17) is 5.11 Å². The molecular weight excluding hydrogens is 367 g/mol. The second-order valence-corrected chi connectivity index (χ2v) is 2.58. The monoisotopic (exact) mass is 376 g/mol. The van der Waals surface area contributed by atoms with E-state index in [0.29, 0.717) is 5.56 Å². The van der Waals surface area contributed by atoms with Crippen molar-refractivity contribution in [1.29, 1.82) is 0 Å². The van der Waals surface area contributed by atoms with Gasteiger partial charge >= 0.3 is 31.3 Å². The first-order valence-corrected chi connectivity index (χ1v) is 6.09. The molecule has 0 aliphatic carbocycles. The zero-order valence-corrected chi connectivity index (χ0v) is 11.2. The van der Waals surface area contributed by atoms with E-state index in [-0.39, 0.29) is 11.3 Å². The van der Waals surface area contributed by atoms with Crippen molar-refractivity contribution >= 4 is 16.4 Å². The number of benzene rings is 1. The Labute approximate surface area is 98.3 Å². The third kappa shape index (κ3) is 3.75. The Hall–Kier alpha value is -1.30. The molecule has 0 aliphatic rings. The molecule has 0 amide bonds. The van der Waals surface area contributed by atoms with Gasteiger partial charge in [0.15, 0.2) is 0 Å². The van der Waals surface area contributed by atoms with Crippen LogP contribution in [0.5, 0.6) is 0 Å². The van der Waals surface area contributed by atoms with Gasteiger partial charge in [0.2, 0.25) is 0 Å². The molecule has 5 nitrogen and oxygen atoms in total. The SMILES string of the molecule is Cc1ccc(C(=O)O)c([N+](=O)[O-])c1.[CH2]=[Ta]. The fourth-order valence-corrected chi connectivity index (χ4v) is 0.974. The molecule has 1 rings (SSSR count). The fraction of sp³-hybridized carbons (Fsp3) is 0.111. The number of rotatable bonds is 2. The van der Waals surface area contributed by atoms with Crippen molar-refractivity contribution in [2.75, 3.05) is 0 Å². The fourth-order valence-electron chi connectivity index (χ4n) is 0.974. The summed E-state index contributed by atoms with van der Waals surface area (Å²) in [6.45, 7) is 1.67. The molecule has 0 aliphatic heterocycles. The molecule has 0 spiro atoms. The predicted molar refractivity (Wildman–Crippen MR) is 51.9 cm³/mol. The van der Waals surface area contributed by atoms with E-state index in [1.54, 1.807) is 6.92 Å². The standard InChI is InChI=1S/C8H7NO4.CH2.Ta/c1-5-2-3-6(8(10)11)7(4-5)9(12)13;;/h2-4H,1H3,(H,10,11);1H2;. The number of hydrogen-bond acceptors (Lipinski definition) is 3. The van der Waals surface area contributed by atoms with Gasteiger partial charge in [-0.05, 0) is 18.6 Å². The summed E-state index contributed by atoms with van der Waals surface area (Å²) in [5.41, 5.74) is 0.0137. The van der Waals surface area contributed by atoms with Crippen LogP contribution in [-0.4, -0.2) is 20.7 Å². The normalized spacial score (nSPS) is 8.53. The molecule has 0 aromatic heterocycles. The molecule has 0 radical (unpaired) electrons. The maximum atomic E-state index is 10.5. The van der Waals surface area contributed by atoms with Crippen molar-refractivity contribution in [3.05, 3.63) is 39.4 Å². The number of hydrogen-bond donors (Lipinski definition) is 1. The summed E-state index contributed by atoms with van der Waals surface area (Å²) in [6.07, 6.45) is 0. The summed E-state index contributed by atoms with van der Waals surface area (Å²) < 4.78 is 3.36. The third-order valence-corrected chi connectivity index (χ3v) is 1.58. The third-order valence-electron chi connectivity index (χ3n) is 1.58. The number of aryl methyl sites for hydroxylation is 1. The molecule has 0 saturated carbocycles. The molecule has 0 fully saturated rings. The van der Waals surface area contributed by atoms with Crippen molar-refractivity contribution < 1.29 is 35.4 Å². The van der Waals surface area contributed by atoms with Gasteiger partial charge in [-0.1, -0.05) is 6.07 Å². The van der Waals surface area contributed by atoms with Crippen LogP contribution in [0, 0.1) is 17.0 Å². The van der Waals surface area contributed by atoms with Crippen LogP contribution in [0.15, 0.2) is 18.2 Å². The second kappa shape index (κ2) is 6.23. The second-order valence-electron chi connectivity index (χ2n) is 2.58. The van der Waals surface area contributed by atoms with Crippen molar-refractivity contribution in [1.82, 2.24) is 0 Å². The van der Waals surface area contributed by atoms with E-state index < -0.39 is 10.9 Å². The molecule has 79 valence electrons. The van der Waals surface area contributed by atoms with E-state index in [1.165, 1.54) is 38.8 Å². The maximum absolute atomic E-state index is 10.5. The first kappa shape index (κ1) is 13.7. The first-order valence-electron chi connectivity index (χ1n) is 3.82. The number of nitro benzene ring substituents is 1. The average Bonchev–Trinajstić information content (AvgIpc) is 2.20. The molecule has 1 aromatic carbocycles. The van der Waals surface area contributed by atoms with E-state index in [0.717, 1.165) is 0 Å². The summed E-state index contributed by atoms with van der Waals surface area (Å²) in [6, 6.07) is 4.00. The Morgan fingerprint density at radius 2 is 2.07 bits per heavy atom. The minimum atomic E-state index is -1.29. The molecule has 0 bridgehead atoms. The molecule has 0 atom stereocenters. The first-order chi connectivity index (χ1) is 7.02. The van der Waals surface area contributed by atoms with E-state index in [1.807, 2.05) is 0 Å². The Balaban J connectivity index is 0.000000921. The number of nitro groups is 1. The van der Waals surface area contributed by atoms with Crippen LogP contribution in [0.25, 0.3) is 0 Å². The summed E-state index contributed by atoms with van der Waals surface area (Å²) >= 11 is 1.19. The van der Waals surface area contributed by atoms with E-state index in [2.05, 4.69) is 4.73 Å². The van der Waals surface area contributed by atoms with Crippen LogP contribution in [-0.2, 0) is 20.6 Å². The average molecular weight is 376 g/mol. The molecule has 15 heavy (non-hydrogen) atoms. The number of carboxylic acid groups (broad SMARTS) is 1. The number of carboxylic acids is 1. The van der Waals surface area contributed by atoms with Gasteiger partial charge in [0.05, 0.1) is 4.92 Å². The van der Waals surface area contributed by atoms with Gasteiger partial charge in [-0.3, -0.25) is 10.1 Å². The van der Waals surface area contributed by atoms with Crippen LogP contribution >= 0.6 is 0 Å². The Bertz CT molecular complexity index is 392. The summed E-state index contributed by atoms with van der Waals surface area (Å²) in [5.74, 6) is -1.29. The molecular formula is C9H9NO4Ta. The Morgan fingerprint density at radius 1 is 1.53 bits per heavy atom. The van der Waals surface area contributed by atoms with E-state index in [9.17, 15) is 14.9 Å². The van der Waals surface area contributed by atoms with Crippen LogP contribution in [0.1, 0.15) is 15.9 Å². The molecule has 1 N–H and O–H groups in total. The van der Waals surface area contributed by atoms with E-state index >= 15 is 0 Å². The number of carbonyl (C=O) groups is 1. The summed E-state index contributed by atoms with van der Waals surface area (Å²) in [7, 11) is 0. The van der Waals surface area contributed by atoms with Gasteiger partial charge in [0, 0.05) is 6.07 Å². The van der Waals surface area contributed by atoms with Crippen molar-refractivity contribution in [3.8, 4) is 0 Å². The molecule has 0 unspecified atom stereocenters. The van der Waals surface area contributed by atoms with Gasteiger partial charge in [0.25, 0.3) is 5.69 Å². The number of aromatic carboxylic acids is 1. The quantitative estimate of drug-likeness (QED) is 0.628. The van der Waals surface area contributed by atoms with Crippen molar-refractivity contribution in [3.63, 3.8) is 0 Å². The summed E-state index contributed by atoms with van der Waals surface area (Å²) in [4.78, 5) is 20.3. The molecule has 0 heterocycles. The number of nitrogens with zero attached hydrogens (tertiary/aromatic N) is 1. The Morgan fingerprint density at radius 3 is 2.47 bits per heavy atom. The molecule has 6 heteroatoms. The predicted octanol–water partition coefficient (Wildman–Crippen LogP) is 1.57.